The van der Waals surface area contributed by atoms with Gasteiger partial charge in [0.25, 0.3) is 5.91 Å². The van der Waals surface area contributed by atoms with E-state index in [4.69, 9.17) is 14.2 Å². The molecular formula is C18H28N2O4. The lowest BCUT2D eigenvalue weighted by Crippen LogP contribution is -2.41. The Labute approximate surface area is 144 Å². The highest BCUT2D eigenvalue weighted by atomic mass is 16.5. The van der Waals surface area contributed by atoms with Gasteiger partial charge in [0.05, 0.1) is 26.4 Å². The minimum atomic E-state index is -0.0914. The second kappa shape index (κ2) is 10.2. The first-order chi connectivity index (χ1) is 11.7. The molecule has 0 atom stereocenters. The summed E-state index contributed by atoms with van der Waals surface area (Å²) in [6, 6.07) is 5.33. The van der Waals surface area contributed by atoms with Gasteiger partial charge in [-0.15, -0.1) is 0 Å². The molecule has 0 radical (unpaired) electrons. The van der Waals surface area contributed by atoms with E-state index in [9.17, 15) is 4.79 Å². The lowest BCUT2D eigenvalue weighted by molar-refractivity contribution is 0.0383. The molecule has 1 aromatic rings. The van der Waals surface area contributed by atoms with E-state index in [-0.39, 0.29) is 5.91 Å². The van der Waals surface area contributed by atoms with Crippen LogP contribution < -0.4 is 14.8 Å². The van der Waals surface area contributed by atoms with Crippen molar-refractivity contribution in [3.8, 4) is 11.5 Å². The predicted octanol–water partition coefficient (Wildman–Crippen LogP) is 1.94. The van der Waals surface area contributed by atoms with Crippen LogP contribution in [-0.2, 0) is 4.74 Å². The van der Waals surface area contributed by atoms with Gasteiger partial charge in [0.2, 0.25) is 0 Å². The molecule has 0 aromatic heterocycles. The molecule has 1 N–H and O–H groups in total. The average molecular weight is 336 g/mol. The van der Waals surface area contributed by atoms with E-state index in [2.05, 4.69) is 17.1 Å². The molecule has 6 heteroatoms. The summed E-state index contributed by atoms with van der Waals surface area (Å²) in [5.74, 6) is 1.21. The van der Waals surface area contributed by atoms with Crippen LogP contribution in [0.1, 0.15) is 30.6 Å². The Morgan fingerprint density at radius 1 is 1.21 bits per heavy atom. The van der Waals surface area contributed by atoms with Gasteiger partial charge in [-0.25, -0.2) is 0 Å². The van der Waals surface area contributed by atoms with E-state index in [1.807, 2.05) is 6.92 Å². The Morgan fingerprint density at radius 3 is 2.71 bits per heavy atom. The summed E-state index contributed by atoms with van der Waals surface area (Å²) >= 11 is 0. The van der Waals surface area contributed by atoms with Crippen molar-refractivity contribution in [3.63, 3.8) is 0 Å². The van der Waals surface area contributed by atoms with E-state index >= 15 is 0 Å². The van der Waals surface area contributed by atoms with Crippen LogP contribution >= 0.6 is 0 Å². The van der Waals surface area contributed by atoms with Crippen molar-refractivity contribution in [3.05, 3.63) is 23.8 Å². The summed E-state index contributed by atoms with van der Waals surface area (Å²) < 4.78 is 16.6. The van der Waals surface area contributed by atoms with Gasteiger partial charge < -0.3 is 19.5 Å². The SMILES string of the molecule is CCCOc1ccc(C(=O)NCCN2CCOCC2)cc1OCC. The van der Waals surface area contributed by atoms with Crippen LogP contribution in [0.15, 0.2) is 18.2 Å². The molecule has 0 saturated carbocycles. The largest absolute Gasteiger partial charge is 0.490 e. The van der Waals surface area contributed by atoms with Crippen LogP contribution in [0, 0.1) is 0 Å². The van der Waals surface area contributed by atoms with E-state index in [0.29, 0.717) is 36.8 Å². The maximum Gasteiger partial charge on any atom is 0.251 e. The number of carbonyl (C=O) groups excluding carboxylic acids is 1. The van der Waals surface area contributed by atoms with Crippen LogP contribution in [0.5, 0.6) is 11.5 Å². The zero-order chi connectivity index (χ0) is 17.2. The van der Waals surface area contributed by atoms with Gasteiger partial charge in [-0.2, -0.15) is 0 Å². The summed E-state index contributed by atoms with van der Waals surface area (Å²) in [4.78, 5) is 14.6. The van der Waals surface area contributed by atoms with Crippen LogP contribution in [0.3, 0.4) is 0 Å². The fraction of sp³-hybridized carbons (Fsp3) is 0.611. The Morgan fingerprint density at radius 2 is 2.00 bits per heavy atom. The van der Waals surface area contributed by atoms with Gasteiger partial charge in [0, 0.05) is 31.7 Å². The lowest BCUT2D eigenvalue weighted by atomic mass is 10.2. The number of benzene rings is 1. The molecule has 0 aliphatic carbocycles. The number of hydrogen-bond donors (Lipinski definition) is 1. The highest BCUT2D eigenvalue weighted by Crippen LogP contribution is 2.28. The molecule has 1 saturated heterocycles. The fourth-order valence-corrected chi connectivity index (χ4v) is 2.50. The molecule has 1 fully saturated rings. The number of ether oxygens (including phenoxy) is 3. The Kier molecular flexibility index (Phi) is 7.85. The third kappa shape index (κ3) is 5.69. The average Bonchev–Trinajstić information content (AvgIpc) is 2.61. The third-order valence-corrected chi connectivity index (χ3v) is 3.78. The summed E-state index contributed by atoms with van der Waals surface area (Å²) in [7, 11) is 0. The van der Waals surface area contributed by atoms with Gasteiger partial charge in [-0.3, -0.25) is 9.69 Å². The van der Waals surface area contributed by atoms with E-state index in [1.54, 1.807) is 18.2 Å². The summed E-state index contributed by atoms with van der Waals surface area (Å²) in [6.07, 6.45) is 0.926. The molecule has 0 bridgehead atoms. The number of carbonyl (C=O) groups is 1. The number of nitrogens with zero attached hydrogens (tertiary/aromatic N) is 1. The number of rotatable bonds is 9. The second-order valence-electron chi connectivity index (χ2n) is 5.65. The molecule has 1 aliphatic heterocycles. The summed E-state index contributed by atoms with van der Waals surface area (Å²) in [6.45, 7) is 9.98. The molecule has 1 aromatic carbocycles. The summed E-state index contributed by atoms with van der Waals surface area (Å²) in [5.41, 5.74) is 0.587. The van der Waals surface area contributed by atoms with Crippen molar-refractivity contribution in [2.75, 3.05) is 52.6 Å². The predicted molar refractivity (Wildman–Crippen MR) is 93.0 cm³/mol. The van der Waals surface area contributed by atoms with Crippen LogP contribution in [0.25, 0.3) is 0 Å². The molecule has 1 amide bonds. The molecule has 24 heavy (non-hydrogen) atoms. The number of nitrogens with one attached hydrogen (secondary N) is 1. The fourth-order valence-electron chi connectivity index (χ4n) is 2.50. The molecule has 6 nitrogen and oxygen atoms in total. The first kappa shape index (κ1) is 18.5. The van der Waals surface area contributed by atoms with Crippen LogP contribution in [0.2, 0.25) is 0 Å². The first-order valence-electron chi connectivity index (χ1n) is 8.72. The maximum absolute atomic E-state index is 12.3. The third-order valence-electron chi connectivity index (χ3n) is 3.78. The zero-order valence-electron chi connectivity index (χ0n) is 14.7. The van der Waals surface area contributed by atoms with E-state index in [1.165, 1.54) is 0 Å². The quantitative estimate of drug-likeness (QED) is 0.747. The molecule has 1 heterocycles. The van der Waals surface area contributed by atoms with Crippen molar-refractivity contribution in [1.82, 2.24) is 10.2 Å². The minimum Gasteiger partial charge on any atom is -0.490 e. The van der Waals surface area contributed by atoms with Crippen molar-refractivity contribution >= 4 is 5.91 Å². The number of amides is 1. The van der Waals surface area contributed by atoms with Crippen LogP contribution in [-0.4, -0.2) is 63.4 Å². The molecule has 2 rings (SSSR count). The molecule has 134 valence electrons. The van der Waals surface area contributed by atoms with Gasteiger partial charge in [0.1, 0.15) is 0 Å². The standard InChI is InChI=1S/C18H28N2O4/c1-3-11-24-16-6-5-15(14-17(16)23-4-2)18(21)19-7-8-20-9-12-22-13-10-20/h5-6,14H,3-4,7-13H2,1-2H3,(H,19,21). The van der Waals surface area contributed by atoms with Crippen molar-refractivity contribution < 1.29 is 19.0 Å². The van der Waals surface area contributed by atoms with Crippen molar-refractivity contribution in [1.29, 1.82) is 0 Å². The topological polar surface area (TPSA) is 60.0 Å². The van der Waals surface area contributed by atoms with Crippen LogP contribution in [0.4, 0.5) is 0 Å². The highest BCUT2D eigenvalue weighted by molar-refractivity contribution is 5.94. The normalized spacial score (nSPS) is 15.1. The minimum absolute atomic E-state index is 0.0914. The van der Waals surface area contributed by atoms with E-state index in [0.717, 1.165) is 39.3 Å². The first-order valence-corrected chi connectivity index (χ1v) is 8.72. The molecule has 0 spiro atoms. The van der Waals surface area contributed by atoms with E-state index < -0.39 is 0 Å². The van der Waals surface area contributed by atoms with Gasteiger partial charge >= 0.3 is 0 Å². The highest BCUT2D eigenvalue weighted by Gasteiger charge is 2.13. The molecule has 0 unspecified atom stereocenters. The zero-order valence-corrected chi connectivity index (χ0v) is 14.7. The Balaban J connectivity index is 1.89. The van der Waals surface area contributed by atoms with Crippen molar-refractivity contribution in [2.24, 2.45) is 0 Å². The second-order valence-corrected chi connectivity index (χ2v) is 5.65. The number of morpholine rings is 1. The number of hydrogen-bond acceptors (Lipinski definition) is 5. The monoisotopic (exact) mass is 336 g/mol. The van der Waals surface area contributed by atoms with Gasteiger partial charge in [-0.1, -0.05) is 6.92 Å². The Bertz CT molecular complexity index is 516. The maximum atomic E-state index is 12.3. The smallest absolute Gasteiger partial charge is 0.251 e. The van der Waals surface area contributed by atoms with Gasteiger partial charge in [-0.05, 0) is 31.5 Å². The van der Waals surface area contributed by atoms with Crippen molar-refractivity contribution in [2.45, 2.75) is 20.3 Å². The Hall–Kier alpha value is -1.79. The molecular weight excluding hydrogens is 308 g/mol. The van der Waals surface area contributed by atoms with Gasteiger partial charge in [0.15, 0.2) is 11.5 Å². The molecule has 1 aliphatic rings. The lowest BCUT2D eigenvalue weighted by Gasteiger charge is -2.26. The summed E-state index contributed by atoms with van der Waals surface area (Å²) in [5, 5.41) is 2.96.